The van der Waals surface area contributed by atoms with Gasteiger partial charge in [0.25, 0.3) is 0 Å². The van der Waals surface area contributed by atoms with Gasteiger partial charge in [-0.25, -0.2) is 9.67 Å². The van der Waals surface area contributed by atoms with E-state index in [9.17, 15) is 10.2 Å². The van der Waals surface area contributed by atoms with Crippen LogP contribution in [-0.4, -0.2) is 65.2 Å². The molecule has 0 bridgehead atoms. The van der Waals surface area contributed by atoms with Crippen molar-refractivity contribution in [2.75, 3.05) is 6.61 Å². The van der Waals surface area contributed by atoms with Crippen molar-refractivity contribution < 1.29 is 20.1 Å². The Bertz CT molecular complexity index is 542. The van der Waals surface area contributed by atoms with Gasteiger partial charge < -0.3 is 20.1 Å². The molecule has 9 heteroatoms. The fourth-order valence-electron chi connectivity index (χ4n) is 2.00. The summed E-state index contributed by atoms with van der Waals surface area (Å²) in [4.78, 5) is 4.07. The summed E-state index contributed by atoms with van der Waals surface area (Å²) >= 11 is 0. The number of ether oxygens (including phenoxy) is 1. The zero-order valence-electron chi connectivity index (χ0n) is 9.79. The summed E-state index contributed by atoms with van der Waals surface area (Å²) in [5, 5.41) is 39.1. The Labute approximate surface area is 107 Å². The Morgan fingerprint density at radius 2 is 2.21 bits per heavy atom. The lowest BCUT2D eigenvalue weighted by Crippen LogP contribution is -2.33. The number of nitrogens with one attached hydrogen (secondary N) is 1. The molecule has 102 valence electrons. The third-order valence-electron chi connectivity index (χ3n) is 3.04. The summed E-state index contributed by atoms with van der Waals surface area (Å²) in [6.07, 6.45) is 0.561. The molecule has 0 aliphatic carbocycles. The first-order chi connectivity index (χ1) is 9.20. The highest BCUT2D eigenvalue weighted by atomic mass is 16.6. The first kappa shape index (κ1) is 12.2. The van der Waals surface area contributed by atoms with Crippen LogP contribution >= 0.6 is 0 Å². The Kier molecular flexibility index (Phi) is 3.03. The maximum absolute atomic E-state index is 9.86. The fraction of sp³-hybridized carbons (Fsp3) is 0.500. The molecule has 0 spiro atoms. The number of rotatable bonds is 3. The Morgan fingerprint density at radius 3 is 2.84 bits per heavy atom. The van der Waals surface area contributed by atoms with E-state index in [-0.39, 0.29) is 6.61 Å². The number of hydrogen-bond acceptors (Lipinski definition) is 7. The largest absolute Gasteiger partial charge is 0.394 e. The minimum atomic E-state index is -1.17. The lowest BCUT2D eigenvalue weighted by molar-refractivity contribution is -0.0587. The SMILES string of the molecule is OC[C@H]1O[C@@H](n2cnc(-c3cn[nH]c3)n2)C(O)C1O. The number of nitrogens with zero attached hydrogens (tertiary/aromatic N) is 4. The van der Waals surface area contributed by atoms with E-state index in [1.165, 1.54) is 11.0 Å². The molecule has 1 saturated heterocycles. The molecule has 2 aromatic heterocycles. The van der Waals surface area contributed by atoms with Gasteiger partial charge in [0.15, 0.2) is 12.1 Å². The van der Waals surface area contributed by atoms with Crippen LogP contribution in [0.4, 0.5) is 0 Å². The van der Waals surface area contributed by atoms with Gasteiger partial charge in [0, 0.05) is 6.20 Å². The standard InChI is InChI=1S/C10H13N5O4/c16-3-6-7(17)8(18)10(19-6)15-4-11-9(14-15)5-1-12-13-2-5/h1-2,4,6-8,10,16-18H,3H2,(H,12,13)/t6-,7?,8?,10-/m1/s1. The van der Waals surface area contributed by atoms with Gasteiger partial charge in [-0.1, -0.05) is 0 Å². The molecule has 4 N–H and O–H groups in total. The van der Waals surface area contributed by atoms with Crippen LogP contribution in [-0.2, 0) is 4.74 Å². The van der Waals surface area contributed by atoms with E-state index < -0.39 is 24.5 Å². The molecule has 1 fully saturated rings. The molecule has 3 rings (SSSR count). The number of aliphatic hydroxyl groups excluding tert-OH is 3. The monoisotopic (exact) mass is 267 g/mol. The minimum absolute atomic E-state index is 0.377. The summed E-state index contributed by atoms with van der Waals surface area (Å²) in [6.45, 7) is -0.377. The van der Waals surface area contributed by atoms with E-state index >= 15 is 0 Å². The minimum Gasteiger partial charge on any atom is -0.394 e. The van der Waals surface area contributed by atoms with E-state index in [1.807, 2.05) is 0 Å². The molecule has 1 aliphatic heterocycles. The highest BCUT2D eigenvalue weighted by molar-refractivity contribution is 5.50. The Morgan fingerprint density at radius 1 is 1.37 bits per heavy atom. The number of hydrogen-bond donors (Lipinski definition) is 4. The molecule has 19 heavy (non-hydrogen) atoms. The van der Waals surface area contributed by atoms with Gasteiger partial charge in [0.1, 0.15) is 24.6 Å². The van der Waals surface area contributed by atoms with Crippen LogP contribution in [0.1, 0.15) is 6.23 Å². The van der Waals surface area contributed by atoms with Crippen molar-refractivity contribution in [2.24, 2.45) is 0 Å². The van der Waals surface area contributed by atoms with Crippen molar-refractivity contribution in [3.8, 4) is 11.4 Å². The summed E-state index contributed by atoms with van der Waals surface area (Å²) in [7, 11) is 0. The van der Waals surface area contributed by atoms with E-state index in [2.05, 4.69) is 20.3 Å². The van der Waals surface area contributed by atoms with Crippen molar-refractivity contribution in [1.82, 2.24) is 25.0 Å². The summed E-state index contributed by atoms with van der Waals surface area (Å²) < 4.78 is 6.65. The molecule has 2 aromatic rings. The van der Waals surface area contributed by atoms with Gasteiger partial charge in [-0.2, -0.15) is 5.10 Å². The topological polar surface area (TPSA) is 129 Å². The van der Waals surface area contributed by atoms with Crippen molar-refractivity contribution in [3.63, 3.8) is 0 Å². The van der Waals surface area contributed by atoms with E-state index in [1.54, 1.807) is 12.4 Å². The number of H-pyrrole nitrogens is 1. The van der Waals surface area contributed by atoms with Crippen molar-refractivity contribution in [3.05, 3.63) is 18.7 Å². The molecular formula is C10H13N5O4. The van der Waals surface area contributed by atoms with Crippen LogP contribution in [0.15, 0.2) is 18.7 Å². The van der Waals surface area contributed by atoms with Gasteiger partial charge in [-0.05, 0) is 0 Å². The summed E-state index contributed by atoms with van der Waals surface area (Å²) in [5.74, 6) is 0.423. The average molecular weight is 267 g/mol. The van der Waals surface area contributed by atoms with Crippen LogP contribution in [0.2, 0.25) is 0 Å². The van der Waals surface area contributed by atoms with Crippen LogP contribution < -0.4 is 0 Å². The number of aromatic amines is 1. The lowest BCUT2D eigenvalue weighted by atomic mass is 10.1. The Balaban J connectivity index is 1.84. The number of aromatic nitrogens is 5. The van der Waals surface area contributed by atoms with Crippen molar-refractivity contribution >= 4 is 0 Å². The second-order valence-corrected chi connectivity index (χ2v) is 4.26. The van der Waals surface area contributed by atoms with Crippen molar-refractivity contribution in [2.45, 2.75) is 24.5 Å². The maximum Gasteiger partial charge on any atom is 0.184 e. The molecule has 0 radical (unpaired) electrons. The Hall–Kier alpha value is -1.81. The zero-order chi connectivity index (χ0) is 13.4. The summed E-state index contributed by atoms with van der Waals surface area (Å²) in [5.41, 5.74) is 0.700. The van der Waals surface area contributed by atoms with E-state index in [0.29, 0.717) is 11.4 Å². The molecule has 0 saturated carbocycles. The molecule has 0 amide bonds. The predicted molar refractivity (Wildman–Crippen MR) is 60.6 cm³/mol. The average Bonchev–Trinajstić information content (AvgIpc) is 3.12. The van der Waals surface area contributed by atoms with Gasteiger partial charge in [0.05, 0.1) is 18.4 Å². The fourth-order valence-corrected chi connectivity index (χ4v) is 2.00. The molecule has 2 unspecified atom stereocenters. The van der Waals surface area contributed by atoms with E-state index in [0.717, 1.165) is 0 Å². The zero-order valence-corrected chi connectivity index (χ0v) is 9.79. The van der Waals surface area contributed by atoms with Gasteiger partial charge >= 0.3 is 0 Å². The maximum atomic E-state index is 9.86. The third kappa shape index (κ3) is 2.02. The van der Waals surface area contributed by atoms with Crippen LogP contribution in [0, 0.1) is 0 Å². The lowest BCUT2D eigenvalue weighted by Gasteiger charge is -2.13. The van der Waals surface area contributed by atoms with Crippen LogP contribution in [0.25, 0.3) is 11.4 Å². The highest BCUT2D eigenvalue weighted by Gasteiger charge is 2.43. The van der Waals surface area contributed by atoms with Gasteiger partial charge in [-0.3, -0.25) is 5.10 Å². The number of aliphatic hydroxyl groups is 3. The molecular weight excluding hydrogens is 254 g/mol. The predicted octanol–water partition coefficient (Wildman–Crippen LogP) is -1.72. The molecule has 1 aliphatic rings. The van der Waals surface area contributed by atoms with Gasteiger partial charge in [-0.15, -0.1) is 5.10 Å². The second-order valence-electron chi connectivity index (χ2n) is 4.26. The normalized spacial score (nSPS) is 30.9. The third-order valence-corrected chi connectivity index (χ3v) is 3.04. The first-order valence-corrected chi connectivity index (χ1v) is 5.73. The molecule has 4 atom stereocenters. The quantitative estimate of drug-likeness (QED) is 0.520. The van der Waals surface area contributed by atoms with Crippen LogP contribution in [0.5, 0.6) is 0 Å². The van der Waals surface area contributed by atoms with E-state index in [4.69, 9.17) is 9.84 Å². The summed E-state index contributed by atoms with van der Waals surface area (Å²) in [6, 6.07) is 0. The highest BCUT2D eigenvalue weighted by Crippen LogP contribution is 2.29. The smallest absolute Gasteiger partial charge is 0.184 e. The molecule has 0 aromatic carbocycles. The van der Waals surface area contributed by atoms with Gasteiger partial charge in [0.2, 0.25) is 0 Å². The molecule has 9 nitrogen and oxygen atoms in total. The molecule has 3 heterocycles. The van der Waals surface area contributed by atoms with Crippen LogP contribution in [0.3, 0.4) is 0 Å². The van der Waals surface area contributed by atoms with Crippen molar-refractivity contribution in [1.29, 1.82) is 0 Å². The second kappa shape index (κ2) is 4.70. The first-order valence-electron chi connectivity index (χ1n) is 5.73.